The van der Waals surface area contributed by atoms with Gasteiger partial charge in [-0.1, -0.05) is 30.3 Å². The lowest BCUT2D eigenvalue weighted by molar-refractivity contribution is -0.135. The Labute approximate surface area is 144 Å². The van der Waals surface area contributed by atoms with E-state index >= 15 is 0 Å². The largest absolute Gasteiger partial charge is 0.340 e. The average molecular weight is 325 g/mol. The van der Waals surface area contributed by atoms with Gasteiger partial charge in [-0.3, -0.25) is 4.79 Å². The minimum absolute atomic E-state index is 0.335. The molecule has 0 unspecified atom stereocenters. The van der Waals surface area contributed by atoms with Crippen molar-refractivity contribution in [3.63, 3.8) is 0 Å². The van der Waals surface area contributed by atoms with E-state index in [9.17, 15) is 4.79 Å². The van der Waals surface area contributed by atoms with Gasteiger partial charge in [-0.25, -0.2) is 4.98 Å². The van der Waals surface area contributed by atoms with Gasteiger partial charge in [-0.15, -0.1) is 0 Å². The van der Waals surface area contributed by atoms with Crippen molar-refractivity contribution in [2.24, 2.45) is 0 Å². The Morgan fingerprint density at radius 2 is 2.08 bits per heavy atom. The molecule has 1 amide bonds. The quantitative estimate of drug-likeness (QED) is 0.779. The summed E-state index contributed by atoms with van der Waals surface area (Å²) in [5.41, 5.74) is 1.32. The van der Waals surface area contributed by atoms with Crippen LogP contribution in [0.3, 0.4) is 0 Å². The molecule has 0 N–H and O–H groups in total. The zero-order valence-electron chi connectivity index (χ0n) is 14.3. The van der Waals surface area contributed by atoms with Gasteiger partial charge in [0, 0.05) is 37.9 Å². The van der Waals surface area contributed by atoms with Crippen molar-refractivity contribution in [1.82, 2.24) is 14.5 Å². The SMILES string of the molecule is O=C(CCCc1ccccc1)N1CCCC[C@@H]1CCn1ccnc1. The summed E-state index contributed by atoms with van der Waals surface area (Å²) in [7, 11) is 0. The third-order valence-electron chi connectivity index (χ3n) is 4.93. The molecule has 0 spiro atoms. The van der Waals surface area contributed by atoms with Crippen molar-refractivity contribution in [3.05, 3.63) is 54.6 Å². The second-order valence-corrected chi connectivity index (χ2v) is 6.67. The molecule has 1 aliphatic rings. The normalized spacial score (nSPS) is 17.8. The minimum Gasteiger partial charge on any atom is -0.340 e. The second kappa shape index (κ2) is 8.67. The van der Waals surface area contributed by atoms with E-state index in [2.05, 4.69) is 38.7 Å². The van der Waals surface area contributed by atoms with Crippen molar-refractivity contribution in [3.8, 4) is 0 Å². The van der Waals surface area contributed by atoms with Crippen LogP contribution in [0.1, 0.15) is 44.1 Å². The third kappa shape index (κ3) is 4.70. The van der Waals surface area contributed by atoms with Crippen LogP contribution in [0.5, 0.6) is 0 Å². The van der Waals surface area contributed by atoms with Crippen LogP contribution < -0.4 is 0 Å². The summed E-state index contributed by atoms with van der Waals surface area (Å²) in [5, 5.41) is 0. The molecule has 1 aromatic heterocycles. The standard InChI is InChI=1S/C20H27N3O/c24-20(11-6-9-18-7-2-1-3-8-18)23-14-5-4-10-19(23)12-15-22-16-13-21-17-22/h1-3,7-8,13,16-17,19H,4-6,9-12,14-15H2/t19-/m1/s1. The third-order valence-corrected chi connectivity index (χ3v) is 4.93. The van der Waals surface area contributed by atoms with Gasteiger partial charge in [0.15, 0.2) is 0 Å². The lowest BCUT2D eigenvalue weighted by atomic mass is 9.98. The Morgan fingerprint density at radius 3 is 2.88 bits per heavy atom. The molecule has 0 saturated carbocycles. The summed E-state index contributed by atoms with van der Waals surface area (Å²) in [6.45, 7) is 1.87. The monoisotopic (exact) mass is 325 g/mol. The number of nitrogens with zero attached hydrogens (tertiary/aromatic N) is 3. The highest BCUT2D eigenvalue weighted by atomic mass is 16.2. The van der Waals surface area contributed by atoms with Gasteiger partial charge in [0.05, 0.1) is 6.33 Å². The molecule has 4 nitrogen and oxygen atoms in total. The Hall–Kier alpha value is -2.10. The zero-order chi connectivity index (χ0) is 16.6. The number of imidazole rings is 1. The van der Waals surface area contributed by atoms with E-state index in [1.54, 1.807) is 0 Å². The molecular weight excluding hydrogens is 298 g/mol. The summed E-state index contributed by atoms with van der Waals surface area (Å²) in [5.74, 6) is 0.335. The number of aryl methyl sites for hydroxylation is 2. The zero-order valence-corrected chi connectivity index (χ0v) is 14.3. The predicted octanol–water partition coefficient (Wildman–Crippen LogP) is 3.68. The lowest BCUT2D eigenvalue weighted by Crippen LogP contribution is -2.44. The van der Waals surface area contributed by atoms with Crippen molar-refractivity contribution in [2.45, 2.75) is 57.5 Å². The van der Waals surface area contributed by atoms with E-state index in [1.807, 2.05) is 24.8 Å². The van der Waals surface area contributed by atoms with Crippen LogP contribution in [0.15, 0.2) is 49.1 Å². The van der Waals surface area contributed by atoms with Gasteiger partial charge in [0.1, 0.15) is 0 Å². The van der Waals surface area contributed by atoms with Gasteiger partial charge in [-0.05, 0) is 44.1 Å². The Kier molecular flexibility index (Phi) is 6.05. The topological polar surface area (TPSA) is 38.1 Å². The molecule has 1 aromatic carbocycles. The van der Waals surface area contributed by atoms with E-state index in [0.29, 0.717) is 18.4 Å². The molecular formula is C20H27N3O. The van der Waals surface area contributed by atoms with E-state index in [-0.39, 0.29) is 0 Å². The van der Waals surface area contributed by atoms with Crippen molar-refractivity contribution >= 4 is 5.91 Å². The Morgan fingerprint density at radius 1 is 1.21 bits per heavy atom. The van der Waals surface area contributed by atoms with Crippen molar-refractivity contribution in [1.29, 1.82) is 0 Å². The number of rotatable bonds is 7. The van der Waals surface area contributed by atoms with Gasteiger partial charge >= 0.3 is 0 Å². The maximum absolute atomic E-state index is 12.7. The van der Waals surface area contributed by atoms with Gasteiger partial charge < -0.3 is 9.47 Å². The lowest BCUT2D eigenvalue weighted by Gasteiger charge is -2.36. The van der Waals surface area contributed by atoms with E-state index in [0.717, 1.165) is 45.2 Å². The average Bonchev–Trinajstić information content (AvgIpc) is 3.14. The molecule has 1 atom stereocenters. The van der Waals surface area contributed by atoms with Gasteiger partial charge in [-0.2, -0.15) is 0 Å². The number of hydrogen-bond donors (Lipinski definition) is 0. The first-order valence-corrected chi connectivity index (χ1v) is 9.12. The molecule has 3 rings (SSSR count). The first-order valence-electron chi connectivity index (χ1n) is 9.12. The summed E-state index contributed by atoms with van der Waals surface area (Å²) in [4.78, 5) is 18.9. The Bertz CT molecular complexity index is 609. The maximum Gasteiger partial charge on any atom is 0.222 e. The summed E-state index contributed by atoms with van der Waals surface area (Å²) >= 11 is 0. The highest BCUT2D eigenvalue weighted by Gasteiger charge is 2.25. The molecule has 4 heteroatoms. The first kappa shape index (κ1) is 16.7. The van der Waals surface area contributed by atoms with Crippen LogP contribution in [0.25, 0.3) is 0 Å². The van der Waals surface area contributed by atoms with E-state index in [1.165, 1.54) is 12.0 Å². The number of carbonyl (C=O) groups excluding carboxylic acids is 1. The highest BCUT2D eigenvalue weighted by molar-refractivity contribution is 5.76. The van der Waals surface area contributed by atoms with Crippen LogP contribution in [0, 0.1) is 0 Å². The van der Waals surface area contributed by atoms with Crippen LogP contribution >= 0.6 is 0 Å². The summed E-state index contributed by atoms with van der Waals surface area (Å²) in [6, 6.07) is 10.8. The van der Waals surface area contributed by atoms with Crippen LogP contribution in [0.2, 0.25) is 0 Å². The number of likely N-dealkylation sites (tertiary alicyclic amines) is 1. The molecule has 0 bridgehead atoms. The predicted molar refractivity (Wildman–Crippen MR) is 95.6 cm³/mol. The smallest absolute Gasteiger partial charge is 0.222 e. The van der Waals surface area contributed by atoms with Crippen LogP contribution in [-0.4, -0.2) is 32.9 Å². The first-order chi connectivity index (χ1) is 11.8. The molecule has 2 aromatic rings. The summed E-state index contributed by atoms with van der Waals surface area (Å²) < 4.78 is 2.10. The summed E-state index contributed by atoms with van der Waals surface area (Å²) in [6.07, 6.45) is 12.8. The van der Waals surface area contributed by atoms with Crippen LogP contribution in [0.4, 0.5) is 0 Å². The fourth-order valence-electron chi connectivity index (χ4n) is 3.58. The highest BCUT2D eigenvalue weighted by Crippen LogP contribution is 2.22. The molecule has 1 fully saturated rings. The molecule has 1 aliphatic heterocycles. The van der Waals surface area contributed by atoms with Crippen molar-refractivity contribution in [2.75, 3.05) is 6.54 Å². The molecule has 2 heterocycles. The molecule has 0 aliphatic carbocycles. The number of benzene rings is 1. The maximum atomic E-state index is 12.7. The van der Waals surface area contributed by atoms with E-state index < -0.39 is 0 Å². The minimum atomic E-state index is 0.335. The molecule has 128 valence electrons. The van der Waals surface area contributed by atoms with Crippen LogP contribution in [-0.2, 0) is 17.8 Å². The molecule has 24 heavy (non-hydrogen) atoms. The second-order valence-electron chi connectivity index (χ2n) is 6.67. The number of hydrogen-bond acceptors (Lipinski definition) is 2. The number of amides is 1. The fraction of sp³-hybridized carbons (Fsp3) is 0.500. The number of aromatic nitrogens is 2. The molecule has 0 radical (unpaired) electrons. The van der Waals surface area contributed by atoms with Gasteiger partial charge in [0.25, 0.3) is 0 Å². The van der Waals surface area contributed by atoms with E-state index in [4.69, 9.17) is 0 Å². The Balaban J connectivity index is 1.47. The number of carbonyl (C=O) groups is 1. The van der Waals surface area contributed by atoms with Crippen molar-refractivity contribution < 1.29 is 4.79 Å². The van der Waals surface area contributed by atoms with Gasteiger partial charge in [0.2, 0.25) is 5.91 Å². The fourth-order valence-corrected chi connectivity index (χ4v) is 3.58. The number of piperidine rings is 1. The molecule has 1 saturated heterocycles.